The van der Waals surface area contributed by atoms with Crippen molar-refractivity contribution in [3.05, 3.63) is 21.1 Å². The number of rotatable bonds is 4. The van der Waals surface area contributed by atoms with Crippen LogP contribution in [0.25, 0.3) is 0 Å². The van der Waals surface area contributed by atoms with Crippen LogP contribution in [0.2, 0.25) is 0 Å². The van der Waals surface area contributed by atoms with Crippen molar-refractivity contribution in [2.75, 3.05) is 12.3 Å². The van der Waals surface area contributed by atoms with E-state index in [1.54, 1.807) is 12.1 Å². The van der Waals surface area contributed by atoms with Crippen LogP contribution in [0.15, 0.2) is 26.0 Å². The van der Waals surface area contributed by atoms with Crippen molar-refractivity contribution in [2.24, 2.45) is 11.8 Å². The summed E-state index contributed by atoms with van der Waals surface area (Å²) in [5, 5.41) is 0. The second kappa shape index (κ2) is 6.34. The fraction of sp³-hybridized carbons (Fsp3) is 0.538. The molecule has 2 unspecified atom stereocenters. The summed E-state index contributed by atoms with van der Waals surface area (Å²) in [5.41, 5.74) is 6.19. The molecule has 1 aliphatic carbocycles. The van der Waals surface area contributed by atoms with E-state index < -0.39 is 10.0 Å². The Balaban J connectivity index is 2.15. The number of nitrogen functional groups attached to an aromatic ring is 1. The minimum Gasteiger partial charge on any atom is -0.399 e. The van der Waals surface area contributed by atoms with Gasteiger partial charge in [-0.2, -0.15) is 0 Å². The molecule has 1 aliphatic rings. The lowest BCUT2D eigenvalue weighted by Crippen LogP contribution is -2.29. The van der Waals surface area contributed by atoms with Gasteiger partial charge in [-0.15, -0.1) is 0 Å². The van der Waals surface area contributed by atoms with Gasteiger partial charge in [-0.25, -0.2) is 13.1 Å². The minimum atomic E-state index is -3.54. The molecule has 1 fully saturated rings. The highest BCUT2D eigenvalue weighted by molar-refractivity contribution is 9.11. The van der Waals surface area contributed by atoms with Crippen LogP contribution in [0.3, 0.4) is 0 Å². The lowest BCUT2D eigenvalue weighted by Gasteiger charge is -2.14. The first kappa shape index (κ1) is 16.3. The summed E-state index contributed by atoms with van der Waals surface area (Å²) in [7, 11) is -3.54. The van der Waals surface area contributed by atoms with Crippen molar-refractivity contribution in [3.63, 3.8) is 0 Å². The van der Waals surface area contributed by atoms with Crippen LogP contribution >= 0.6 is 31.9 Å². The molecule has 1 aromatic rings. The number of nitrogens with one attached hydrogen (secondary N) is 1. The Morgan fingerprint density at radius 2 is 1.90 bits per heavy atom. The van der Waals surface area contributed by atoms with Gasteiger partial charge in [0.2, 0.25) is 10.0 Å². The number of anilines is 1. The van der Waals surface area contributed by atoms with Crippen LogP contribution in [0.1, 0.15) is 26.2 Å². The molecule has 2 atom stereocenters. The maximum Gasteiger partial charge on any atom is 0.242 e. The average molecular weight is 426 g/mol. The first-order chi connectivity index (χ1) is 9.29. The molecule has 3 N–H and O–H groups in total. The molecule has 0 aromatic heterocycles. The normalized spacial score (nSPS) is 23.1. The Hall–Kier alpha value is -0.110. The Bertz CT molecular complexity index is 581. The lowest BCUT2D eigenvalue weighted by molar-refractivity contribution is 0.498. The quantitative estimate of drug-likeness (QED) is 0.725. The van der Waals surface area contributed by atoms with E-state index in [2.05, 4.69) is 43.5 Å². The first-order valence-corrected chi connectivity index (χ1v) is 9.60. The molecule has 112 valence electrons. The van der Waals surface area contributed by atoms with E-state index in [1.165, 1.54) is 6.42 Å². The van der Waals surface area contributed by atoms with Gasteiger partial charge in [0.1, 0.15) is 4.90 Å². The highest BCUT2D eigenvalue weighted by atomic mass is 79.9. The summed E-state index contributed by atoms with van der Waals surface area (Å²) >= 11 is 6.54. The maximum absolute atomic E-state index is 12.4. The third-order valence-electron chi connectivity index (χ3n) is 3.65. The van der Waals surface area contributed by atoms with Gasteiger partial charge in [0.25, 0.3) is 0 Å². The van der Waals surface area contributed by atoms with Crippen LogP contribution in [0.5, 0.6) is 0 Å². The summed E-state index contributed by atoms with van der Waals surface area (Å²) in [6, 6.07) is 3.19. The zero-order chi connectivity index (χ0) is 14.9. The van der Waals surface area contributed by atoms with Crippen molar-refractivity contribution in [1.29, 1.82) is 0 Å². The van der Waals surface area contributed by atoms with Crippen molar-refractivity contribution in [2.45, 2.75) is 31.1 Å². The van der Waals surface area contributed by atoms with E-state index in [-0.39, 0.29) is 4.90 Å². The van der Waals surface area contributed by atoms with Crippen molar-refractivity contribution >= 4 is 47.6 Å². The number of nitrogens with two attached hydrogens (primary N) is 1. The van der Waals surface area contributed by atoms with Crippen LogP contribution in [-0.2, 0) is 10.0 Å². The van der Waals surface area contributed by atoms with Gasteiger partial charge in [-0.3, -0.25) is 0 Å². The summed E-state index contributed by atoms with van der Waals surface area (Å²) in [5.74, 6) is 1.13. The van der Waals surface area contributed by atoms with E-state index in [4.69, 9.17) is 5.73 Å². The summed E-state index contributed by atoms with van der Waals surface area (Å²) in [6.45, 7) is 2.71. The SMILES string of the molecule is CC1CCC(CNS(=O)(=O)c2c(Br)cc(N)cc2Br)C1. The standard InChI is InChI=1S/C13H18Br2N2O2S/c1-8-2-3-9(4-8)7-17-20(18,19)13-11(14)5-10(16)6-12(13)15/h5-6,8-9,17H,2-4,7,16H2,1H3. The fourth-order valence-corrected chi connectivity index (χ4v) is 6.38. The van der Waals surface area contributed by atoms with E-state index in [1.807, 2.05) is 0 Å². The van der Waals surface area contributed by atoms with Crippen LogP contribution < -0.4 is 10.5 Å². The highest BCUT2D eigenvalue weighted by Gasteiger charge is 2.26. The molecule has 0 spiro atoms. The van der Waals surface area contributed by atoms with Gasteiger partial charge in [0.05, 0.1) is 0 Å². The second-order valence-electron chi connectivity index (χ2n) is 5.45. The average Bonchev–Trinajstić information content (AvgIpc) is 2.71. The number of benzene rings is 1. The predicted octanol–water partition coefficient (Wildman–Crippen LogP) is 3.51. The molecule has 0 saturated heterocycles. The van der Waals surface area contributed by atoms with Crippen LogP contribution in [0.4, 0.5) is 5.69 Å². The van der Waals surface area contributed by atoms with E-state index in [9.17, 15) is 8.42 Å². The number of halogens is 2. The van der Waals surface area contributed by atoms with Gasteiger partial charge in [-0.1, -0.05) is 13.3 Å². The molecule has 0 bridgehead atoms. The smallest absolute Gasteiger partial charge is 0.242 e. The molecule has 0 radical (unpaired) electrons. The third-order valence-corrected chi connectivity index (χ3v) is 6.95. The molecular formula is C13H18Br2N2O2S. The molecule has 1 saturated carbocycles. The molecule has 0 heterocycles. The number of sulfonamides is 1. The Labute approximate surface area is 136 Å². The van der Waals surface area contributed by atoms with E-state index >= 15 is 0 Å². The molecular weight excluding hydrogens is 408 g/mol. The highest BCUT2D eigenvalue weighted by Crippen LogP contribution is 2.33. The van der Waals surface area contributed by atoms with Gasteiger partial charge in [-0.05, 0) is 68.7 Å². The van der Waals surface area contributed by atoms with Gasteiger partial charge < -0.3 is 5.73 Å². The summed E-state index contributed by atoms with van der Waals surface area (Å²) < 4.78 is 28.5. The lowest BCUT2D eigenvalue weighted by atomic mass is 10.1. The van der Waals surface area contributed by atoms with Crippen molar-refractivity contribution in [1.82, 2.24) is 4.72 Å². The zero-order valence-corrected chi connectivity index (χ0v) is 15.2. The largest absolute Gasteiger partial charge is 0.399 e. The second-order valence-corrected chi connectivity index (χ2v) is 8.86. The van der Waals surface area contributed by atoms with Crippen LogP contribution in [-0.4, -0.2) is 15.0 Å². The Morgan fingerprint density at radius 3 is 2.40 bits per heavy atom. The topological polar surface area (TPSA) is 72.2 Å². The fourth-order valence-electron chi connectivity index (χ4n) is 2.65. The predicted molar refractivity (Wildman–Crippen MR) is 87.9 cm³/mol. The molecule has 0 amide bonds. The Kier molecular flexibility index (Phi) is 5.15. The van der Waals surface area contributed by atoms with Crippen LogP contribution in [0, 0.1) is 11.8 Å². The van der Waals surface area contributed by atoms with Crippen molar-refractivity contribution < 1.29 is 8.42 Å². The number of hydrogen-bond donors (Lipinski definition) is 2. The third kappa shape index (κ3) is 3.75. The summed E-state index contributed by atoms with van der Waals surface area (Å²) in [4.78, 5) is 0.206. The first-order valence-electron chi connectivity index (χ1n) is 6.54. The monoisotopic (exact) mass is 424 g/mol. The minimum absolute atomic E-state index is 0.206. The van der Waals surface area contributed by atoms with Gasteiger partial charge in [0.15, 0.2) is 0 Å². The molecule has 20 heavy (non-hydrogen) atoms. The summed E-state index contributed by atoms with van der Waals surface area (Å²) in [6.07, 6.45) is 3.36. The zero-order valence-electron chi connectivity index (χ0n) is 11.2. The molecule has 1 aromatic carbocycles. The molecule has 7 heteroatoms. The molecule has 0 aliphatic heterocycles. The Morgan fingerprint density at radius 1 is 1.30 bits per heavy atom. The van der Waals surface area contributed by atoms with Gasteiger partial charge in [0, 0.05) is 21.2 Å². The van der Waals surface area contributed by atoms with Gasteiger partial charge >= 0.3 is 0 Å². The van der Waals surface area contributed by atoms with Crippen molar-refractivity contribution in [3.8, 4) is 0 Å². The number of hydrogen-bond acceptors (Lipinski definition) is 3. The van der Waals surface area contributed by atoms with E-state index in [0.29, 0.717) is 33.0 Å². The maximum atomic E-state index is 12.4. The molecule has 4 nitrogen and oxygen atoms in total. The molecule has 2 rings (SSSR count). The van der Waals surface area contributed by atoms with E-state index in [0.717, 1.165) is 12.8 Å².